The van der Waals surface area contributed by atoms with Gasteiger partial charge >= 0.3 is 0 Å². The molecule has 0 aromatic heterocycles. The van der Waals surface area contributed by atoms with Gasteiger partial charge in [-0.1, -0.05) is 0 Å². The predicted octanol–water partition coefficient (Wildman–Crippen LogP) is 0.962. The fourth-order valence-electron chi connectivity index (χ4n) is 2.20. The van der Waals surface area contributed by atoms with Gasteiger partial charge in [0.25, 0.3) is 0 Å². The van der Waals surface area contributed by atoms with Gasteiger partial charge in [-0.05, 0) is 58.7 Å². The molecule has 0 aromatic rings. The molecule has 4 nitrogen and oxygen atoms in total. The fraction of sp³-hybridized carbons (Fsp3) is 0.923. The van der Waals surface area contributed by atoms with E-state index in [1.54, 1.807) is 0 Å². The summed E-state index contributed by atoms with van der Waals surface area (Å²) in [7, 11) is 2.16. The number of carbonyl (C=O) groups is 1. The Morgan fingerprint density at radius 1 is 1.47 bits per heavy atom. The summed E-state index contributed by atoms with van der Waals surface area (Å²) in [5.74, 6) is 0.855. The highest BCUT2D eigenvalue weighted by atomic mass is 16.1. The number of piperidine rings is 1. The average molecular weight is 241 g/mol. The molecule has 1 fully saturated rings. The van der Waals surface area contributed by atoms with Crippen molar-refractivity contribution in [3.63, 3.8) is 0 Å². The molecular weight excluding hydrogens is 214 g/mol. The van der Waals surface area contributed by atoms with Gasteiger partial charge in [-0.3, -0.25) is 4.79 Å². The molecule has 1 atom stereocenters. The largest absolute Gasteiger partial charge is 0.356 e. The zero-order valence-electron chi connectivity index (χ0n) is 11.2. The number of hydrogen-bond acceptors (Lipinski definition) is 3. The molecule has 100 valence electrons. The van der Waals surface area contributed by atoms with E-state index in [2.05, 4.69) is 17.3 Å². The Morgan fingerprint density at radius 2 is 2.12 bits per heavy atom. The van der Waals surface area contributed by atoms with Crippen molar-refractivity contribution in [1.29, 1.82) is 0 Å². The minimum Gasteiger partial charge on any atom is -0.356 e. The van der Waals surface area contributed by atoms with Crippen LogP contribution in [0.25, 0.3) is 0 Å². The molecular formula is C13H27N3O. The van der Waals surface area contributed by atoms with Crippen LogP contribution < -0.4 is 11.1 Å². The van der Waals surface area contributed by atoms with E-state index in [4.69, 9.17) is 5.73 Å². The molecule has 0 bridgehead atoms. The summed E-state index contributed by atoms with van der Waals surface area (Å²) in [5, 5.41) is 3.04. The van der Waals surface area contributed by atoms with Gasteiger partial charge in [-0.2, -0.15) is 0 Å². The van der Waals surface area contributed by atoms with Crippen LogP contribution in [0.15, 0.2) is 0 Å². The number of rotatable bonds is 6. The van der Waals surface area contributed by atoms with Crippen LogP contribution in [0.4, 0.5) is 0 Å². The van der Waals surface area contributed by atoms with Crippen molar-refractivity contribution in [3.8, 4) is 0 Å². The van der Waals surface area contributed by atoms with Gasteiger partial charge in [-0.25, -0.2) is 0 Å². The van der Waals surface area contributed by atoms with E-state index in [0.29, 0.717) is 12.3 Å². The van der Waals surface area contributed by atoms with Crippen LogP contribution in [0.2, 0.25) is 0 Å². The topological polar surface area (TPSA) is 58.4 Å². The van der Waals surface area contributed by atoms with Gasteiger partial charge in [-0.15, -0.1) is 0 Å². The molecule has 0 saturated carbocycles. The summed E-state index contributed by atoms with van der Waals surface area (Å²) in [6.45, 7) is 5.15. The molecule has 1 unspecified atom stereocenters. The first-order chi connectivity index (χ1) is 8.08. The lowest BCUT2D eigenvalue weighted by atomic mass is 9.97. The first-order valence-corrected chi connectivity index (χ1v) is 6.78. The SMILES string of the molecule is CC(N)CCCC(=O)NCC1CCN(C)CC1. The number of nitrogens with one attached hydrogen (secondary N) is 1. The maximum Gasteiger partial charge on any atom is 0.220 e. The Balaban J connectivity index is 2.03. The van der Waals surface area contributed by atoms with Crippen LogP contribution in [0, 0.1) is 5.92 Å². The lowest BCUT2D eigenvalue weighted by Gasteiger charge is -2.28. The highest BCUT2D eigenvalue weighted by molar-refractivity contribution is 5.75. The monoisotopic (exact) mass is 241 g/mol. The third kappa shape index (κ3) is 6.64. The molecule has 1 aliphatic rings. The number of amides is 1. The van der Waals surface area contributed by atoms with E-state index in [1.165, 1.54) is 12.8 Å². The van der Waals surface area contributed by atoms with E-state index >= 15 is 0 Å². The van der Waals surface area contributed by atoms with Crippen molar-refractivity contribution in [2.24, 2.45) is 11.7 Å². The number of nitrogens with zero attached hydrogens (tertiary/aromatic N) is 1. The third-order valence-electron chi connectivity index (χ3n) is 3.49. The fourth-order valence-corrected chi connectivity index (χ4v) is 2.20. The van der Waals surface area contributed by atoms with Crippen LogP contribution in [0.3, 0.4) is 0 Å². The molecule has 3 N–H and O–H groups in total. The predicted molar refractivity (Wildman–Crippen MR) is 70.7 cm³/mol. The van der Waals surface area contributed by atoms with Crippen molar-refractivity contribution < 1.29 is 4.79 Å². The van der Waals surface area contributed by atoms with Crippen molar-refractivity contribution in [1.82, 2.24) is 10.2 Å². The quantitative estimate of drug-likeness (QED) is 0.728. The summed E-state index contributed by atoms with van der Waals surface area (Å²) < 4.78 is 0. The molecule has 1 amide bonds. The van der Waals surface area contributed by atoms with Crippen molar-refractivity contribution in [2.45, 2.75) is 45.1 Å². The lowest BCUT2D eigenvalue weighted by molar-refractivity contribution is -0.121. The van der Waals surface area contributed by atoms with E-state index in [-0.39, 0.29) is 11.9 Å². The molecule has 0 radical (unpaired) electrons. The van der Waals surface area contributed by atoms with Crippen molar-refractivity contribution in [3.05, 3.63) is 0 Å². The maximum absolute atomic E-state index is 11.6. The minimum absolute atomic E-state index is 0.185. The van der Waals surface area contributed by atoms with E-state index in [0.717, 1.165) is 32.5 Å². The summed E-state index contributed by atoms with van der Waals surface area (Å²) in [6.07, 6.45) is 4.86. The van der Waals surface area contributed by atoms with E-state index < -0.39 is 0 Å². The molecule has 1 heterocycles. The Bertz CT molecular complexity index is 223. The van der Waals surface area contributed by atoms with E-state index in [1.807, 2.05) is 6.92 Å². The average Bonchev–Trinajstić information content (AvgIpc) is 2.28. The lowest BCUT2D eigenvalue weighted by Crippen LogP contribution is -2.36. The van der Waals surface area contributed by atoms with Gasteiger partial charge in [0, 0.05) is 19.0 Å². The summed E-state index contributed by atoms with van der Waals surface area (Å²) in [5.41, 5.74) is 5.65. The molecule has 0 aliphatic carbocycles. The molecule has 1 saturated heterocycles. The second-order valence-corrected chi connectivity index (χ2v) is 5.42. The van der Waals surface area contributed by atoms with Gasteiger partial charge < -0.3 is 16.0 Å². The zero-order chi connectivity index (χ0) is 12.7. The molecule has 4 heteroatoms. The molecule has 1 aliphatic heterocycles. The van der Waals surface area contributed by atoms with Crippen molar-refractivity contribution in [2.75, 3.05) is 26.7 Å². The number of nitrogens with two attached hydrogens (primary N) is 1. The second kappa shape index (κ2) is 7.67. The molecule has 1 rings (SSSR count). The van der Waals surface area contributed by atoms with Crippen LogP contribution >= 0.6 is 0 Å². The maximum atomic E-state index is 11.6. The molecule has 0 spiro atoms. The first-order valence-electron chi connectivity index (χ1n) is 6.78. The number of likely N-dealkylation sites (tertiary alicyclic amines) is 1. The number of carbonyl (C=O) groups excluding carboxylic acids is 1. The standard InChI is InChI=1S/C13H27N3O/c1-11(14)4-3-5-13(17)15-10-12-6-8-16(2)9-7-12/h11-12H,3-10,14H2,1-2H3,(H,15,17). The minimum atomic E-state index is 0.185. The normalized spacial score (nSPS) is 20.2. The Labute approximate surface area is 105 Å². The number of hydrogen-bond donors (Lipinski definition) is 2. The Hall–Kier alpha value is -0.610. The molecule has 17 heavy (non-hydrogen) atoms. The van der Waals surface area contributed by atoms with Gasteiger partial charge in [0.15, 0.2) is 0 Å². The summed E-state index contributed by atoms with van der Waals surface area (Å²) in [4.78, 5) is 13.9. The Morgan fingerprint density at radius 3 is 2.71 bits per heavy atom. The van der Waals surface area contributed by atoms with Crippen LogP contribution in [-0.2, 0) is 4.79 Å². The van der Waals surface area contributed by atoms with Crippen LogP contribution in [-0.4, -0.2) is 43.5 Å². The molecule has 0 aromatic carbocycles. The second-order valence-electron chi connectivity index (χ2n) is 5.42. The Kier molecular flexibility index (Phi) is 6.52. The van der Waals surface area contributed by atoms with Crippen LogP contribution in [0.5, 0.6) is 0 Å². The summed E-state index contributed by atoms with van der Waals surface area (Å²) >= 11 is 0. The third-order valence-corrected chi connectivity index (χ3v) is 3.49. The van der Waals surface area contributed by atoms with Gasteiger partial charge in [0.05, 0.1) is 0 Å². The smallest absolute Gasteiger partial charge is 0.220 e. The van der Waals surface area contributed by atoms with Crippen LogP contribution in [0.1, 0.15) is 39.0 Å². The van der Waals surface area contributed by atoms with Gasteiger partial charge in [0.1, 0.15) is 0 Å². The van der Waals surface area contributed by atoms with Gasteiger partial charge in [0.2, 0.25) is 5.91 Å². The highest BCUT2D eigenvalue weighted by Crippen LogP contribution is 2.14. The first kappa shape index (κ1) is 14.5. The highest BCUT2D eigenvalue weighted by Gasteiger charge is 2.16. The zero-order valence-corrected chi connectivity index (χ0v) is 11.2. The summed E-state index contributed by atoms with van der Waals surface area (Å²) in [6, 6.07) is 0.205. The van der Waals surface area contributed by atoms with Crippen molar-refractivity contribution >= 4 is 5.91 Å². The van der Waals surface area contributed by atoms with E-state index in [9.17, 15) is 4.79 Å².